The van der Waals surface area contributed by atoms with Crippen LogP contribution in [0.25, 0.3) is 0 Å². The van der Waals surface area contributed by atoms with E-state index in [1.54, 1.807) is 0 Å². The zero-order valence-electron chi connectivity index (χ0n) is 9.19. The molecule has 0 aliphatic heterocycles. The Balaban J connectivity index is 3.58. The third-order valence-electron chi connectivity index (χ3n) is 2.52. The first-order chi connectivity index (χ1) is 6.49. The van der Waals surface area contributed by atoms with Crippen molar-refractivity contribution >= 4 is 0 Å². The summed E-state index contributed by atoms with van der Waals surface area (Å²) in [7, 11) is 0. The maximum absolute atomic E-state index is 9.65. The summed E-state index contributed by atoms with van der Waals surface area (Å²) in [5.41, 5.74) is 11.3. The summed E-state index contributed by atoms with van der Waals surface area (Å²) in [6, 6.07) is -0.335. The highest BCUT2D eigenvalue weighted by Crippen LogP contribution is 2.10. The van der Waals surface area contributed by atoms with E-state index in [0.29, 0.717) is 6.42 Å². The Kier molecular flexibility index (Phi) is 7.09. The minimum atomic E-state index is -0.458. The number of hydrogen-bond donors (Lipinski definition) is 4. The van der Waals surface area contributed by atoms with Gasteiger partial charge in [0, 0.05) is 12.1 Å². The molecule has 0 rings (SSSR count). The lowest BCUT2D eigenvalue weighted by molar-refractivity contribution is 0.111. The minimum absolute atomic E-state index is 0.00628. The van der Waals surface area contributed by atoms with Crippen molar-refractivity contribution in [1.82, 2.24) is 0 Å². The Hall–Kier alpha value is -0.160. The maximum Gasteiger partial charge on any atom is 0.0693 e. The molecular formula is C10H24N2O2. The van der Waals surface area contributed by atoms with Gasteiger partial charge in [-0.2, -0.15) is 0 Å². The highest BCUT2D eigenvalue weighted by molar-refractivity contribution is 4.75. The van der Waals surface area contributed by atoms with Crippen LogP contribution in [-0.2, 0) is 0 Å². The fourth-order valence-corrected chi connectivity index (χ4v) is 1.32. The molecule has 4 nitrogen and oxygen atoms in total. The van der Waals surface area contributed by atoms with Gasteiger partial charge in [0.2, 0.25) is 0 Å². The first kappa shape index (κ1) is 13.8. The Morgan fingerprint density at radius 3 is 2.14 bits per heavy atom. The van der Waals surface area contributed by atoms with E-state index in [2.05, 4.69) is 0 Å². The molecule has 0 saturated carbocycles. The van der Waals surface area contributed by atoms with Crippen LogP contribution in [0.2, 0.25) is 0 Å². The third-order valence-corrected chi connectivity index (χ3v) is 2.52. The zero-order chi connectivity index (χ0) is 11.1. The molecule has 0 aromatic rings. The number of hydrogen-bond acceptors (Lipinski definition) is 4. The maximum atomic E-state index is 9.65. The Morgan fingerprint density at radius 2 is 1.71 bits per heavy atom. The molecule has 0 bridgehead atoms. The average molecular weight is 204 g/mol. The first-order valence-corrected chi connectivity index (χ1v) is 5.29. The van der Waals surface area contributed by atoms with Gasteiger partial charge in [-0.1, -0.05) is 13.8 Å². The number of aliphatic hydroxyl groups is 2. The molecule has 0 fully saturated rings. The van der Waals surface area contributed by atoms with Crippen LogP contribution in [0, 0.1) is 5.92 Å². The largest absolute Gasteiger partial charge is 0.395 e. The van der Waals surface area contributed by atoms with Crippen LogP contribution < -0.4 is 11.5 Å². The SMILES string of the molecule is CC(C)C(N)C(O)CCCC(N)CO. The third kappa shape index (κ3) is 5.54. The lowest BCUT2D eigenvalue weighted by atomic mass is 9.95. The molecule has 0 aliphatic rings. The van der Waals surface area contributed by atoms with Gasteiger partial charge in [-0.3, -0.25) is 0 Å². The van der Waals surface area contributed by atoms with Crippen molar-refractivity contribution in [3.8, 4) is 0 Å². The van der Waals surface area contributed by atoms with Crippen molar-refractivity contribution in [3.63, 3.8) is 0 Å². The molecule has 4 heteroatoms. The summed E-state index contributed by atoms with van der Waals surface area (Å²) >= 11 is 0. The molecule has 0 aromatic carbocycles. The molecule has 0 amide bonds. The van der Waals surface area contributed by atoms with Gasteiger partial charge in [-0.25, -0.2) is 0 Å². The van der Waals surface area contributed by atoms with Crippen molar-refractivity contribution in [1.29, 1.82) is 0 Å². The van der Waals surface area contributed by atoms with Crippen LogP contribution in [0.4, 0.5) is 0 Å². The normalized spacial score (nSPS) is 18.2. The second-order valence-corrected chi connectivity index (χ2v) is 4.26. The van der Waals surface area contributed by atoms with Gasteiger partial charge >= 0.3 is 0 Å². The van der Waals surface area contributed by atoms with Crippen LogP contribution in [0.1, 0.15) is 33.1 Å². The van der Waals surface area contributed by atoms with Crippen LogP contribution in [0.3, 0.4) is 0 Å². The molecule has 0 spiro atoms. The fourth-order valence-electron chi connectivity index (χ4n) is 1.32. The summed E-state index contributed by atoms with van der Waals surface area (Å²) in [4.78, 5) is 0. The smallest absolute Gasteiger partial charge is 0.0693 e. The Morgan fingerprint density at radius 1 is 1.14 bits per heavy atom. The second kappa shape index (κ2) is 7.17. The fraction of sp³-hybridized carbons (Fsp3) is 1.00. The molecule has 0 aromatic heterocycles. The van der Waals surface area contributed by atoms with E-state index in [1.807, 2.05) is 13.8 Å². The predicted molar refractivity (Wildman–Crippen MR) is 57.7 cm³/mol. The van der Waals surface area contributed by atoms with Crippen molar-refractivity contribution in [2.24, 2.45) is 17.4 Å². The zero-order valence-corrected chi connectivity index (χ0v) is 9.19. The minimum Gasteiger partial charge on any atom is -0.395 e. The summed E-state index contributed by atoms with van der Waals surface area (Å²) in [5.74, 6) is 0.288. The standard InChI is InChI=1S/C10H24N2O2/c1-7(2)10(12)9(14)5-3-4-8(11)6-13/h7-10,13-14H,3-6,11-12H2,1-2H3. The molecule has 14 heavy (non-hydrogen) atoms. The monoisotopic (exact) mass is 204 g/mol. The van der Waals surface area contributed by atoms with Gasteiger partial charge in [0.15, 0.2) is 0 Å². The molecule has 0 radical (unpaired) electrons. The molecule has 86 valence electrons. The second-order valence-electron chi connectivity index (χ2n) is 4.26. The summed E-state index contributed by atoms with van der Waals surface area (Å²) in [5, 5.41) is 18.3. The summed E-state index contributed by atoms with van der Waals surface area (Å²) in [6.07, 6.45) is 1.75. The highest BCUT2D eigenvalue weighted by Gasteiger charge is 2.17. The van der Waals surface area contributed by atoms with Gasteiger partial charge in [-0.05, 0) is 25.2 Å². The number of nitrogens with two attached hydrogens (primary N) is 2. The van der Waals surface area contributed by atoms with E-state index in [9.17, 15) is 5.11 Å². The van der Waals surface area contributed by atoms with Crippen molar-refractivity contribution in [2.45, 2.75) is 51.3 Å². The summed E-state index contributed by atoms with van der Waals surface area (Å²) < 4.78 is 0. The van der Waals surface area contributed by atoms with E-state index >= 15 is 0 Å². The van der Waals surface area contributed by atoms with Gasteiger partial charge in [0.05, 0.1) is 12.7 Å². The van der Waals surface area contributed by atoms with Crippen LogP contribution >= 0.6 is 0 Å². The van der Waals surface area contributed by atoms with Gasteiger partial charge in [0.1, 0.15) is 0 Å². The topological polar surface area (TPSA) is 92.5 Å². The molecule has 6 N–H and O–H groups in total. The Bertz CT molecular complexity index is 142. The summed E-state index contributed by atoms with van der Waals surface area (Å²) in [6.45, 7) is 3.99. The van der Waals surface area contributed by atoms with Gasteiger partial charge in [0.25, 0.3) is 0 Å². The van der Waals surface area contributed by atoms with E-state index in [4.69, 9.17) is 16.6 Å². The molecule has 0 heterocycles. The number of rotatable bonds is 7. The van der Waals surface area contributed by atoms with Gasteiger partial charge < -0.3 is 21.7 Å². The average Bonchev–Trinajstić information content (AvgIpc) is 2.15. The van der Waals surface area contributed by atoms with Crippen LogP contribution in [0.15, 0.2) is 0 Å². The van der Waals surface area contributed by atoms with E-state index in [1.165, 1.54) is 0 Å². The van der Waals surface area contributed by atoms with E-state index in [0.717, 1.165) is 12.8 Å². The molecule has 0 saturated heterocycles. The first-order valence-electron chi connectivity index (χ1n) is 5.29. The van der Waals surface area contributed by atoms with Crippen molar-refractivity contribution < 1.29 is 10.2 Å². The molecule has 0 aliphatic carbocycles. The van der Waals surface area contributed by atoms with Crippen molar-refractivity contribution in [2.75, 3.05) is 6.61 Å². The van der Waals surface area contributed by atoms with Crippen LogP contribution in [0.5, 0.6) is 0 Å². The van der Waals surface area contributed by atoms with Crippen molar-refractivity contribution in [3.05, 3.63) is 0 Å². The molecular weight excluding hydrogens is 180 g/mol. The highest BCUT2D eigenvalue weighted by atomic mass is 16.3. The predicted octanol–water partition coefficient (Wildman–Crippen LogP) is -0.179. The van der Waals surface area contributed by atoms with E-state index in [-0.39, 0.29) is 24.6 Å². The lowest BCUT2D eigenvalue weighted by Gasteiger charge is -2.22. The quantitative estimate of drug-likeness (QED) is 0.463. The Labute approximate surface area is 86.3 Å². The molecule has 3 atom stereocenters. The molecule has 3 unspecified atom stereocenters. The lowest BCUT2D eigenvalue weighted by Crippen LogP contribution is -2.39. The van der Waals surface area contributed by atoms with Crippen LogP contribution in [-0.4, -0.2) is 35.0 Å². The number of aliphatic hydroxyl groups excluding tert-OH is 2. The van der Waals surface area contributed by atoms with Gasteiger partial charge in [-0.15, -0.1) is 0 Å². The van der Waals surface area contributed by atoms with E-state index < -0.39 is 6.10 Å².